The molecule has 0 saturated carbocycles. The van der Waals surface area contributed by atoms with Gasteiger partial charge >= 0.3 is 0 Å². The lowest BCUT2D eigenvalue weighted by Gasteiger charge is -2.20. The summed E-state index contributed by atoms with van der Waals surface area (Å²) >= 11 is 0. The molecule has 4 heteroatoms. The summed E-state index contributed by atoms with van der Waals surface area (Å²) in [6.45, 7) is 4.70. The quantitative estimate of drug-likeness (QED) is 0.903. The van der Waals surface area contributed by atoms with Crippen LogP contribution in [0.2, 0.25) is 0 Å². The number of halogens is 2. The van der Waals surface area contributed by atoms with Crippen LogP contribution < -0.4 is 5.32 Å². The van der Waals surface area contributed by atoms with E-state index in [1.807, 2.05) is 26.0 Å². The average molecular weight is 276 g/mol. The van der Waals surface area contributed by atoms with E-state index in [-0.39, 0.29) is 6.04 Å². The first-order chi connectivity index (χ1) is 9.61. The molecule has 1 aromatic heterocycles. The standard InChI is InChI=1S/C16H18F2N2/c1-3-19-16(14-5-4-8-20-11(14)2)9-12-6-7-13(17)10-15(12)18/h4-8,10,16,19H,3,9H2,1-2H3. The molecular weight excluding hydrogens is 258 g/mol. The van der Waals surface area contributed by atoms with Gasteiger partial charge in [-0.3, -0.25) is 4.98 Å². The summed E-state index contributed by atoms with van der Waals surface area (Å²) in [6, 6.07) is 7.53. The van der Waals surface area contributed by atoms with Gasteiger partial charge in [0.15, 0.2) is 0 Å². The van der Waals surface area contributed by atoms with E-state index in [1.165, 1.54) is 12.1 Å². The number of rotatable bonds is 5. The first kappa shape index (κ1) is 14.6. The number of benzene rings is 1. The summed E-state index contributed by atoms with van der Waals surface area (Å²) in [5.74, 6) is -1.06. The second-order valence-electron chi connectivity index (χ2n) is 4.73. The molecule has 1 aromatic carbocycles. The third kappa shape index (κ3) is 3.39. The minimum Gasteiger partial charge on any atom is -0.310 e. The third-order valence-electron chi connectivity index (χ3n) is 3.31. The molecule has 20 heavy (non-hydrogen) atoms. The number of pyridine rings is 1. The van der Waals surface area contributed by atoms with Crippen molar-refractivity contribution in [3.05, 3.63) is 65.0 Å². The Kier molecular flexibility index (Phi) is 4.79. The molecule has 2 nitrogen and oxygen atoms in total. The molecule has 2 aromatic rings. The number of nitrogens with one attached hydrogen (secondary N) is 1. The van der Waals surface area contributed by atoms with Crippen LogP contribution in [0.25, 0.3) is 0 Å². The van der Waals surface area contributed by atoms with Crippen LogP contribution in [0, 0.1) is 18.6 Å². The van der Waals surface area contributed by atoms with E-state index in [0.717, 1.165) is 23.9 Å². The van der Waals surface area contributed by atoms with Crippen LogP contribution in [0.4, 0.5) is 8.78 Å². The Morgan fingerprint density at radius 1 is 1.25 bits per heavy atom. The highest BCUT2D eigenvalue weighted by molar-refractivity contribution is 5.27. The molecule has 1 N–H and O–H groups in total. The summed E-state index contributed by atoms with van der Waals surface area (Å²) in [5.41, 5.74) is 2.46. The lowest BCUT2D eigenvalue weighted by Crippen LogP contribution is -2.24. The van der Waals surface area contributed by atoms with Gasteiger partial charge in [0, 0.05) is 24.0 Å². The molecular formula is C16H18F2N2. The van der Waals surface area contributed by atoms with Crippen LogP contribution in [0.1, 0.15) is 29.8 Å². The number of hydrogen-bond donors (Lipinski definition) is 1. The molecule has 1 heterocycles. The monoisotopic (exact) mass is 276 g/mol. The van der Waals surface area contributed by atoms with Gasteiger partial charge in [-0.25, -0.2) is 8.78 Å². The summed E-state index contributed by atoms with van der Waals surface area (Å²) < 4.78 is 26.7. The first-order valence-corrected chi connectivity index (χ1v) is 6.70. The SMILES string of the molecule is CCNC(Cc1ccc(F)cc1F)c1cccnc1C. The minimum atomic E-state index is -0.552. The fraction of sp³-hybridized carbons (Fsp3) is 0.312. The van der Waals surface area contributed by atoms with E-state index in [9.17, 15) is 8.78 Å². The van der Waals surface area contributed by atoms with Crippen molar-refractivity contribution in [3.63, 3.8) is 0 Å². The van der Waals surface area contributed by atoms with Crippen LogP contribution in [0.5, 0.6) is 0 Å². The largest absolute Gasteiger partial charge is 0.310 e. The van der Waals surface area contributed by atoms with Crippen molar-refractivity contribution < 1.29 is 8.78 Å². The second-order valence-corrected chi connectivity index (χ2v) is 4.73. The Balaban J connectivity index is 2.28. The van der Waals surface area contributed by atoms with E-state index in [0.29, 0.717) is 12.0 Å². The summed E-state index contributed by atoms with van der Waals surface area (Å²) in [5, 5.41) is 3.33. The molecule has 2 rings (SSSR count). The molecule has 106 valence electrons. The van der Waals surface area contributed by atoms with Gasteiger partial charge in [0.1, 0.15) is 11.6 Å². The predicted octanol–water partition coefficient (Wildman–Crippen LogP) is 3.56. The number of hydrogen-bond acceptors (Lipinski definition) is 2. The van der Waals surface area contributed by atoms with E-state index in [4.69, 9.17) is 0 Å². The van der Waals surface area contributed by atoms with Gasteiger partial charge < -0.3 is 5.32 Å². The Morgan fingerprint density at radius 2 is 2.05 bits per heavy atom. The summed E-state index contributed by atoms with van der Waals surface area (Å²) in [6.07, 6.45) is 2.20. The highest BCUT2D eigenvalue weighted by Gasteiger charge is 2.16. The lowest BCUT2D eigenvalue weighted by atomic mass is 9.97. The van der Waals surface area contributed by atoms with Crippen LogP contribution >= 0.6 is 0 Å². The zero-order chi connectivity index (χ0) is 14.5. The second kappa shape index (κ2) is 6.57. The van der Waals surface area contributed by atoms with Crippen molar-refractivity contribution in [1.82, 2.24) is 10.3 Å². The minimum absolute atomic E-state index is 0.0336. The highest BCUT2D eigenvalue weighted by atomic mass is 19.1. The smallest absolute Gasteiger partial charge is 0.129 e. The van der Waals surface area contributed by atoms with Crippen LogP contribution in [0.3, 0.4) is 0 Å². The van der Waals surface area contributed by atoms with Crippen molar-refractivity contribution in [2.75, 3.05) is 6.54 Å². The maximum atomic E-state index is 13.8. The predicted molar refractivity (Wildman–Crippen MR) is 75.5 cm³/mol. The topological polar surface area (TPSA) is 24.9 Å². The van der Waals surface area contributed by atoms with Crippen molar-refractivity contribution >= 4 is 0 Å². The van der Waals surface area contributed by atoms with Crippen LogP contribution in [-0.4, -0.2) is 11.5 Å². The molecule has 1 atom stereocenters. The maximum absolute atomic E-state index is 13.8. The summed E-state index contributed by atoms with van der Waals surface area (Å²) in [7, 11) is 0. The lowest BCUT2D eigenvalue weighted by molar-refractivity contribution is 0.518. The van der Waals surface area contributed by atoms with Crippen molar-refractivity contribution in [2.45, 2.75) is 26.3 Å². The van der Waals surface area contributed by atoms with Gasteiger partial charge in [0.2, 0.25) is 0 Å². The molecule has 0 aliphatic carbocycles. The molecule has 0 radical (unpaired) electrons. The Bertz CT molecular complexity index is 584. The van der Waals surface area contributed by atoms with E-state index >= 15 is 0 Å². The molecule has 0 bridgehead atoms. The Morgan fingerprint density at radius 3 is 2.70 bits per heavy atom. The molecule has 0 amide bonds. The number of aryl methyl sites for hydroxylation is 1. The fourth-order valence-corrected chi connectivity index (χ4v) is 2.31. The Labute approximate surface area is 117 Å². The van der Waals surface area contributed by atoms with Gasteiger partial charge in [-0.15, -0.1) is 0 Å². The molecule has 0 fully saturated rings. The van der Waals surface area contributed by atoms with Crippen LogP contribution in [-0.2, 0) is 6.42 Å². The third-order valence-corrected chi connectivity index (χ3v) is 3.31. The van der Waals surface area contributed by atoms with Gasteiger partial charge in [-0.2, -0.15) is 0 Å². The van der Waals surface area contributed by atoms with Crippen molar-refractivity contribution in [2.24, 2.45) is 0 Å². The zero-order valence-electron chi connectivity index (χ0n) is 11.7. The van der Waals surface area contributed by atoms with E-state index < -0.39 is 11.6 Å². The van der Waals surface area contributed by atoms with Crippen LogP contribution in [0.15, 0.2) is 36.5 Å². The fourth-order valence-electron chi connectivity index (χ4n) is 2.31. The molecule has 0 aliphatic rings. The molecule has 0 saturated heterocycles. The molecule has 0 aliphatic heterocycles. The maximum Gasteiger partial charge on any atom is 0.129 e. The normalized spacial score (nSPS) is 12.4. The highest BCUT2D eigenvalue weighted by Crippen LogP contribution is 2.22. The number of aromatic nitrogens is 1. The Hall–Kier alpha value is -1.81. The van der Waals surface area contributed by atoms with Crippen molar-refractivity contribution in [1.29, 1.82) is 0 Å². The zero-order valence-corrected chi connectivity index (χ0v) is 11.7. The molecule has 1 unspecified atom stereocenters. The van der Waals surface area contributed by atoms with E-state index in [2.05, 4.69) is 10.3 Å². The average Bonchev–Trinajstić information content (AvgIpc) is 2.42. The molecule has 0 spiro atoms. The number of likely N-dealkylation sites (N-methyl/N-ethyl adjacent to an activating group) is 1. The van der Waals surface area contributed by atoms with Gasteiger partial charge in [0.05, 0.1) is 0 Å². The van der Waals surface area contributed by atoms with Gasteiger partial charge in [-0.05, 0) is 43.1 Å². The van der Waals surface area contributed by atoms with Crippen molar-refractivity contribution in [3.8, 4) is 0 Å². The first-order valence-electron chi connectivity index (χ1n) is 6.70. The van der Waals surface area contributed by atoms with E-state index in [1.54, 1.807) is 6.20 Å². The summed E-state index contributed by atoms with van der Waals surface area (Å²) in [4.78, 5) is 4.27. The van der Waals surface area contributed by atoms with Gasteiger partial charge in [-0.1, -0.05) is 19.1 Å². The number of nitrogens with zero attached hydrogens (tertiary/aromatic N) is 1. The van der Waals surface area contributed by atoms with Gasteiger partial charge in [0.25, 0.3) is 0 Å².